The summed E-state index contributed by atoms with van der Waals surface area (Å²) in [5, 5.41) is 0. The fraction of sp³-hybridized carbons (Fsp3) is 0. The summed E-state index contributed by atoms with van der Waals surface area (Å²) in [4.78, 5) is 0. The van der Waals surface area contributed by atoms with Gasteiger partial charge in [-0.3, -0.25) is 13.7 Å². The van der Waals surface area contributed by atoms with Gasteiger partial charge in [-0.1, -0.05) is 0 Å². The zero-order valence-electron chi connectivity index (χ0n) is 6.82. The van der Waals surface area contributed by atoms with Gasteiger partial charge in [0.1, 0.15) is 0 Å². The van der Waals surface area contributed by atoms with Crippen molar-refractivity contribution in [2.45, 2.75) is 0 Å². The first-order chi connectivity index (χ1) is 6.00. The van der Waals surface area contributed by atoms with Crippen LogP contribution in [0, 0.1) is 0 Å². The maximum Gasteiger partial charge on any atom is 3.00 e. The monoisotopic (exact) mass is 336 g/mol. The van der Waals surface area contributed by atoms with Crippen LogP contribution < -0.4 is 0 Å². The molecule has 16 heavy (non-hydrogen) atoms. The van der Waals surface area contributed by atoms with E-state index in [9.17, 15) is 0 Å². The SMILES string of the molecule is O=S(=O)([O-])O.O=S(=O)([O-])O.O=S(=O)([O-])O.[Sc+3]. The molecule has 0 fully saturated rings. The molecule has 0 aromatic heterocycles. The van der Waals surface area contributed by atoms with Crippen LogP contribution in [0.2, 0.25) is 0 Å². The molecule has 0 spiro atoms. The summed E-state index contributed by atoms with van der Waals surface area (Å²) < 4.78 is 98.5. The van der Waals surface area contributed by atoms with Crippen molar-refractivity contribution < 1.29 is 78.4 Å². The molecular weight excluding hydrogens is 333 g/mol. The molecule has 0 saturated carbocycles. The van der Waals surface area contributed by atoms with E-state index in [0.717, 1.165) is 0 Å². The molecule has 0 rings (SSSR count). The van der Waals surface area contributed by atoms with E-state index in [1.165, 1.54) is 0 Å². The van der Waals surface area contributed by atoms with Gasteiger partial charge in [-0.05, 0) is 0 Å². The molecule has 0 heterocycles. The molecule has 0 aliphatic carbocycles. The minimum Gasteiger partial charge on any atom is -0.726 e. The second-order valence-corrected chi connectivity index (χ2v) is 3.85. The molecule has 96 valence electrons. The minimum absolute atomic E-state index is 0. The predicted octanol–water partition coefficient (Wildman–Crippen LogP) is -2.99. The van der Waals surface area contributed by atoms with Crippen LogP contribution in [-0.4, -0.2) is 52.6 Å². The first-order valence-electron chi connectivity index (χ1n) is 2.05. The zero-order chi connectivity index (χ0) is 13.5. The maximum atomic E-state index is 8.63. The van der Waals surface area contributed by atoms with Crippen LogP contribution >= 0.6 is 0 Å². The van der Waals surface area contributed by atoms with E-state index >= 15 is 0 Å². The van der Waals surface area contributed by atoms with Crippen molar-refractivity contribution in [3.05, 3.63) is 0 Å². The van der Waals surface area contributed by atoms with Crippen LogP contribution in [0.5, 0.6) is 0 Å². The van der Waals surface area contributed by atoms with E-state index in [0.29, 0.717) is 0 Å². The van der Waals surface area contributed by atoms with Crippen LogP contribution in [-0.2, 0) is 57.0 Å². The third kappa shape index (κ3) is 11400. The van der Waals surface area contributed by atoms with Crippen LogP contribution in [0.1, 0.15) is 0 Å². The van der Waals surface area contributed by atoms with Gasteiger partial charge in [0.05, 0.1) is 0 Å². The number of hydrogen-bond donors (Lipinski definition) is 3. The second-order valence-electron chi connectivity index (χ2n) is 1.28. The van der Waals surface area contributed by atoms with E-state index in [2.05, 4.69) is 0 Å². The smallest absolute Gasteiger partial charge is 0.726 e. The minimum atomic E-state index is -4.92. The van der Waals surface area contributed by atoms with Crippen molar-refractivity contribution >= 4 is 31.2 Å². The van der Waals surface area contributed by atoms with Crippen molar-refractivity contribution in [2.75, 3.05) is 0 Å². The average molecular weight is 336 g/mol. The molecule has 0 radical (unpaired) electrons. The van der Waals surface area contributed by atoms with Gasteiger partial charge in [0.2, 0.25) is 31.2 Å². The van der Waals surface area contributed by atoms with Crippen molar-refractivity contribution in [2.24, 2.45) is 0 Å². The van der Waals surface area contributed by atoms with Crippen molar-refractivity contribution in [1.29, 1.82) is 0 Å². The average Bonchev–Trinajstić information content (AvgIpc) is 1.41. The van der Waals surface area contributed by atoms with Crippen molar-refractivity contribution in [1.82, 2.24) is 0 Å². The van der Waals surface area contributed by atoms with E-state index in [4.69, 9.17) is 52.6 Å². The predicted molar refractivity (Wildman–Crippen MR) is 37.0 cm³/mol. The van der Waals surface area contributed by atoms with E-state index in [-0.39, 0.29) is 25.8 Å². The van der Waals surface area contributed by atoms with Crippen LogP contribution in [0.3, 0.4) is 0 Å². The Labute approximate surface area is 109 Å². The molecule has 16 heteroatoms. The summed E-state index contributed by atoms with van der Waals surface area (Å²) in [5.74, 6) is 0. The molecule has 0 aliphatic heterocycles. The van der Waals surface area contributed by atoms with E-state index in [1.807, 2.05) is 0 Å². The van der Waals surface area contributed by atoms with Gasteiger partial charge >= 0.3 is 25.8 Å². The number of hydrogen-bond acceptors (Lipinski definition) is 9. The van der Waals surface area contributed by atoms with Crippen molar-refractivity contribution in [3.8, 4) is 0 Å². The van der Waals surface area contributed by atoms with Gasteiger partial charge < -0.3 is 13.7 Å². The Bertz CT molecular complexity index is 337. The molecule has 0 atom stereocenters. The Morgan fingerprint density at radius 2 is 0.562 bits per heavy atom. The Morgan fingerprint density at radius 3 is 0.562 bits per heavy atom. The Morgan fingerprint density at radius 1 is 0.562 bits per heavy atom. The molecular formula is H3O12S3Sc. The van der Waals surface area contributed by atoms with Crippen LogP contribution in [0.25, 0.3) is 0 Å². The third-order valence-corrected chi connectivity index (χ3v) is 0. The Balaban J connectivity index is -0.0000000655. The van der Waals surface area contributed by atoms with Gasteiger partial charge in [0.15, 0.2) is 0 Å². The standard InChI is InChI=1S/3H2O4S.Sc/c3*1-5(2,3)4;/h3*(H2,1,2,3,4);/q;;;+3/p-3. The Hall–Kier alpha value is 0.480. The van der Waals surface area contributed by atoms with E-state index in [1.54, 1.807) is 0 Å². The second kappa shape index (κ2) is 9.50. The normalized spacial score (nSPS) is 10.9. The van der Waals surface area contributed by atoms with Crippen molar-refractivity contribution in [3.63, 3.8) is 0 Å². The van der Waals surface area contributed by atoms with Gasteiger partial charge in [0.25, 0.3) is 0 Å². The number of rotatable bonds is 0. The summed E-state index contributed by atoms with van der Waals surface area (Å²) in [6, 6.07) is 0. The zero-order valence-corrected chi connectivity index (χ0v) is 11.1. The van der Waals surface area contributed by atoms with Crippen LogP contribution in [0.4, 0.5) is 0 Å². The van der Waals surface area contributed by atoms with Gasteiger partial charge in [0, 0.05) is 0 Å². The maximum absolute atomic E-state index is 8.63. The summed E-state index contributed by atoms with van der Waals surface area (Å²) in [5.41, 5.74) is 0. The summed E-state index contributed by atoms with van der Waals surface area (Å²) in [6.07, 6.45) is 0. The summed E-state index contributed by atoms with van der Waals surface area (Å²) in [6.45, 7) is 0. The fourth-order valence-corrected chi connectivity index (χ4v) is 0. The van der Waals surface area contributed by atoms with Crippen LogP contribution in [0.15, 0.2) is 0 Å². The molecule has 0 aromatic rings. The summed E-state index contributed by atoms with van der Waals surface area (Å²) >= 11 is 0. The molecule has 0 aliphatic rings. The quantitative estimate of drug-likeness (QED) is 0.296. The first kappa shape index (κ1) is 25.4. The molecule has 0 amide bonds. The van der Waals surface area contributed by atoms with Gasteiger partial charge in [-0.25, -0.2) is 25.3 Å². The van der Waals surface area contributed by atoms with E-state index < -0.39 is 31.2 Å². The first-order valence-corrected chi connectivity index (χ1v) is 6.14. The molecule has 0 unspecified atom stereocenters. The van der Waals surface area contributed by atoms with Gasteiger partial charge in [-0.2, -0.15) is 0 Å². The fourth-order valence-electron chi connectivity index (χ4n) is 0. The molecule has 0 saturated heterocycles. The molecule has 0 aromatic carbocycles. The topological polar surface area (TPSA) is 232 Å². The molecule has 0 bridgehead atoms. The molecule has 12 nitrogen and oxygen atoms in total. The Kier molecular flexibility index (Phi) is 15.1. The largest absolute Gasteiger partial charge is 3.00 e. The third-order valence-electron chi connectivity index (χ3n) is 0. The molecule has 3 N–H and O–H groups in total. The summed E-state index contributed by atoms with van der Waals surface area (Å²) in [7, 11) is -14.7. The van der Waals surface area contributed by atoms with Gasteiger partial charge in [-0.15, -0.1) is 0 Å².